The molecule has 0 atom stereocenters. The maximum atomic E-state index is 13.2. The zero-order valence-corrected chi connectivity index (χ0v) is 17.9. The second kappa shape index (κ2) is 7.75. The number of carbonyl (C=O) groups is 2. The number of nitrogens with zero attached hydrogens (tertiary/aromatic N) is 1. The zero-order chi connectivity index (χ0) is 21.5. The Hall–Kier alpha value is -2.87. The van der Waals surface area contributed by atoms with Crippen molar-refractivity contribution in [1.29, 1.82) is 0 Å². The van der Waals surface area contributed by atoms with Gasteiger partial charge in [0.25, 0.3) is 0 Å². The van der Waals surface area contributed by atoms with Crippen LogP contribution in [0, 0.1) is 12.8 Å². The summed E-state index contributed by atoms with van der Waals surface area (Å²) in [6.45, 7) is 4.53. The summed E-state index contributed by atoms with van der Waals surface area (Å²) in [4.78, 5) is 24.6. The number of amides is 1. The molecule has 0 unspecified atom stereocenters. The highest BCUT2D eigenvalue weighted by Gasteiger charge is 2.31. The van der Waals surface area contributed by atoms with Crippen molar-refractivity contribution in [2.45, 2.75) is 32.4 Å². The van der Waals surface area contributed by atoms with Crippen LogP contribution < -0.4 is 14.9 Å². The molecule has 1 saturated carbocycles. The average molecular weight is 428 g/mol. The van der Waals surface area contributed by atoms with Crippen LogP contribution in [-0.2, 0) is 20.6 Å². The molecule has 8 heteroatoms. The molecule has 0 spiro atoms. The highest BCUT2D eigenvalue weighted by atomic mass is 32.2. The minimum atomic E-state index is -3.96. The summed E-state index contributed by atoms with van der Waals surface area (Å²) in [6, 6.07) is 10.2. The first-order chi connectivity index (χ1) is 14.3. The molecule has 0 bridgehead atoms. The molecule has 2 aromatic carbocycles. The Kier molecular flexibility index (Phi) is 5.27. The fraction of sp³-hybridized carbons (Fsp3) is 0.364. The number of nitrogens with one attached hydrogen (secondary N) is 2. The van der Waals surface area contributed by atoms with E-state index in [1.807, 2.05) is 0 Å². The van der Waals surface area contributed by atoms with Gasteiger partial charge in [0.2, 0.25) is 15.9 Å². The first-order valence-electron chi connectivity index (χ1n) is 10.1. The van der Waals surface area contributed by atoms with E-state index < -0.39 is 15.9 Å². The van der Waals surface area contributed by atoms with Crippen LogP contribution in [0.25, 0.3) is 0 Å². The summed E-state index contributed by atoms with van der Waals surface area (Å²) in [5.41, 5.74) is 3.86. The standard InChI is InChI=1S/C22H25N3O4S/c1-14-11-17(22(27)16-3-4-16)5-6-18(14)13-30(28,29)25(15(2)26)19-7-8-20-21(12-19)24-10-9-23-20/h5-8,11-12,16,23-24H,3-4,9-10,13H2,1-2H3. The Balaban J connectivity index is 1.62. The lowest BCUT2D eigenvalue weighted by molar-refractivity contribution is -0.115. The quantitative estimate of drug-likeness (QED) is 0.687. The monoisotopic (exact) mass is 427 g/mol. The Morgan fingerprint density at radius 1 is 1.03 bits per heavy atom. The van der Waals surface area contributed by atoms with Crippen LogP contribution in [0.3, 0.4) is 0 Å². The van der Waals surface area contributed by atoms with E-state index in [-0.39, 0.29) is 17.5 Å². The molecule has 1 aliphatic heterocycles. The molecule has 2 N–H and O–H groups in total. The highest BCUT2D eigenvalue weighted by Crippen LogP contribution is 2.34. The maximum Gasteiger partial charge on any atom is 0.245 e. The van der Waals surface area contributed by atoms with Gasteiger partial charge in [0.1, 0.15) is 0 Å². The van der Waals surface area contributed by atoms with Gasteiger partial charge in [0.05, 0.1) is 22.8 Å². The van der Waals surface area contributed by atoms with E-state index in [0.717, 1.165) is 40.6 Å². The lowest BCUT2D eigenvalue weighted by Gasteiger charge is -2.25. The number of sulfonamides is 1. The predicted molar refractivity (Wildman–Crippen MR) is 117 cm³/mol. The number of anilines is 3. The minimum absolute atomic E-state index is 0.110. The summed E-state index contributed by atoms with van der Waals surface area (Å²) in [6.07, 6.45) is 1.85. The van der Waals surface area contributed by atoms with Gasteiger partial charge in [-0.15, -0.1) is 0 Å². The third-order valence-corrected chi connectivity index (χ3v) is 7.17. The van der Waals surface area contributed by atoms with E-state index in [1.165, 1.54) is 6.92 Å². The second-order valence-corrected chi connectivity index (χ2v) is 9.72. The first kappa shape index (κ1) is 20.4. The van der Waals surface area contributed by atoms with E-state index in [1.54, 1.807) is 43.3 Å². The lowest BCUT2D eigenvalue weighted by atomic mass is 10.0. The number of carbonyl (C=O) groups excluding carboxylic acids is 2. The number of hydrogen-bond acceptors (Lipinski definition) is 6. The van der Waals surface area contributed by atoms with E-state index >= 15 is 0 Å². The summed E-state index contributed by atoms with van der Waals surface area (Å²) < 4.78 is 27.3. The summed E-state index contributed by atoms with van der Waals surface area (Å²) in [5, 5.41) is 6.44. The van der Waals surface area contributed by atoms with Crippen LogP contribution >= 0.6 is 0 Å². The van der Waals surface area contributed by atoms with Gasteiger partial charge in [-0.05, 0) is 55.2 Å². The third kappa shape index (κ3) is 4.05. The van der Waals surface area contributed by atoms with E-state index in [2.05, 4.69) is 10.6 Å². The van der Waals surface area contributed by atoms with Crippen molar-refractivity contribution in [2.24, 2.45) is 5.92 Å². The Labute approximate surface area is 176 Å². The van der Waals surface area contributed by atoms with Crippen LogP contribution in [0.15, 0.2) is 36.4 Å². The van der Waals surface area contributed by atoms with Gasteiger partial charge in [0.15, 0.2) is 5.78 Å². The molecule has 1 aliphatic carbocycles. The highest BCUT2D eigenvalue weighted by molar-refractivity contribution is 7.92. The molecule has 4 rings (SSSR count). The van der Waals surface area contributed by atoms with Crippen molar-refractivity contribution in [3.8, 4) is 0 Å². The van der Waals surface area contributed by atoms with Crippen LogP contribution in [0.4, 0.5) is 17.1 Å². The fourth-order valence-corrected chi connectivity index (χ4v) is 5.42. The first-order valence-corrected chi connectivity index (χ1v) is 11.7. The normalized spacial score (nSPS) is 15.5. The molecule has 2 aromatic rings. The van der Waals surface area contributed by atoms with Crippen LogP contribution in [-0.4, -0.2) is 33.2 Å². The molecule has 30 heavy (non-hydrogen) atoms. The van der Waals surface area contributed by atoms with Crippen LogP contribution in [0.5, 0.6) is 0 Å². The smallest absolute Gasteiger partial charge is 0.245 e. The fourth-order valence-electron chi connectivity index (χ4n) is 3.74. The summed E-state index contributed by atoms with van der Waals surface area (Å²) >= 11 is 0. The Morgan fingerprint density at radius 3 is 2.37 bits per heavy atom. The van der Waals surface area contributed by atoms with Gasteiger partial charge >= 0.3 is 0 Å². The van der Waals surface area contributed by atoms with Crippen molar-refractivity contribution in [1.82, 2.24) is 0 Å². The second-order valence-electron chi connectivity index (χ2n) is 7.90. The number of benzene rings is 2. The topological polar surface area (TPSA) is 95.6 Å². The van der Waals surface area contributed by atoms with Gasteiger partial charge in [-0.3, -0.25) is 9.59 Å². The van der Waals surface area contributed by atoms with Crippen molar-refractivity contribution in [3.63, 3.8) is 0 Å². The molecule has 0 saturated heterocycles. The molecular formula is C22H25N3O4S. The number of fused-ring (bicyclic) bond motifs is 1. The number of aryl methyl sites for hydroxylation is 1. The van der Waals surface area contributed by atoms with E-state index in [4.69, 9.17) is 0 Å². The number of ketones is 1. The molecular weight excluding hydrogens is 402 g/mol. The Morgan fingerprint density at radius 2 is 1.73 bits per heavy atom. The Bertz CT molecular complexity index is 1120. The largest absolute Gasteiger partial charge is 0.382 e. The number of Topliss-reactive ketones (excluding diaryl/α,β-unsaturated/α-hetero) is 1. The van der Waals surface area contributed by atoms with Crippen molar-refractivity contribution < 1.29 is 18.0 Å². The predicted octanol–water partition coefficient (Wildman–Crippen LogP) is 3.31. The molecule has 1 heterocycles. The molecule has 7 nitrogen and oxygen atoms in total. The molecule has 0 aromatic heterocycles. The van der Waals surface area contributed by atoms with Crippen LogP contribution in [0.2, 0.25) is 0 Å². The molecule has 1 amide bonds. The summed E-state index contributed by atoms with van der Waals surface area (Å²) in [5.74, 6) is -0.664. The molecule has 2 aliphatic rings. The number of hydrogen-bond donors (Lipinski definition) is 2. The van der Waals surface area contributed by atoms with Crippen molar-refractivity contribution >= 4 is 38.8 Å². The van der Waals surface area contributed by atoms with Gasteiger partial charge in [-0.25, -0.2) is 12.7 Å². The van der Waals surface area contributed by atoms with Crippen LogP contribution in [0.1, 0.15) is 41.3 Å². The van der Waals surface area contributed by atoms with Gasteiger partial charge < -0.3 is 10.6 Å². The van der Waals surface area contributed by atoms with Gasteiger partial charge in [-0.1, -0.05) is 12.1 Å². The molecule has 1 fully saturated rings. The summed E-state index contributed by atoms with van der Waals surface area (Å²) in [7, 11) is -3.96. The minimum Gasteiger partial charge on any atom is -0.382 e. The van der Waals surface area contributed by atoms with Gasteiger partial charge in [-0.2, -0.15) is 0 Å². The average Bonchev–Trinajstić information content (AvgIpc) is 3.53. The lowest BCUT2D eigenvalue weighted by Crippen LogP contribution is -2.36. The van der Waals surface area contributed by atoms with E-state index in [0.29, 0.717) is 23.4 Å². The van der Waals surface area contributed by atoms with E-state index in [9.17, 15) is 18.0 Å². The third-order valence-electron chi connectivity index (χ3n) is 5.47. The van der Waals surface area contributed by atoms with Crippen molar-refractivity contribution in [3.05, 3.63) is 53.1 Å². The molecule has 0 radical (unpaired) electrons. The van der Waals surface area contributed by atoms with Gasteiger partial charge in [0, 0.05) is 31.5 Å². The zero-order valence-electron chi connectivity index (χ0n) is 17.1. The SMILES string of the molecule is CC(=O)N(c1ccc2c(c1)NCCN2)S(=O)(=O)Cc1ccc(C(=O)C2CC2)cc1C. The molecule has 158 valence electrons. The van der Waals surface area contributed by atoms with Crippen molar-refractivity contribution in [2.75, 3.05) is 28.0 Å². The maximum absolute atomic E-state index is 13.2. The number of rotatable bonds is 6.